The summed E-state index contributed by atoms with van der Waals surface area (Å²) in [6.07, 6.45) is 0. The van der Waals surface area contributed by atoms with Crippen molar-refractivity contribution in [2.45, 2.75) is 13.5 Å². The maximum absolute atomic E-state index is 13.2. The maximum atomic E-state index is 13.2. The highest BCUT2D eigenvalue weighted by atomic mass is 35.5. The highest BCUT2D eigenvalue weighted by molar-refractivity contribution is 6.30. The average molecular weight is 295 g/mol. The Morgan fingerprint density at radius 1 is 1.30 bits per heavy atom. The minimum Gasteiger partial charge on any atom is -0.375 e. The van der Waals surface area contributed by atoms with Gasteiger partial charge >= 0.3 is 0 Å². The van der Waals surface area contributed by atoms with Gasteiger partial charge in [0.05, 0.1) is 4.92 Å². The Morgan fingerprint density at radius 3 is 2.70 bits per heavy atom. The van der Waals surface area contributed by atoms with Gasteiger partial charge in [0.1, 0.15) is 11.5 Å². The van der Waals surface area contributed by atoms with Crippen molar-refractivity contribution in [3.05, 3.63) is 68.5 Å². The number of nitro groups is 1. The summed E-state index contributed by atoms with van der Waals surface area (Å²) in [6, 6.07) is 9.04. The van der Waals surface area contributed by atoms with Crippen LogP contribution in [0.4, 0.5) is 15.8 Å². The van der Waals surface area contributed by atoms with E-state index in [2.05, 4.69) is 5.32 Å². The molecule has 0 aliphatic heterocycles. The van der Waals surface area contributed by atoms with Crippen molar-refractivity contribution < 1.29 is 9.31 Å². The molecule has 0 aliphatic carbocycles. The molecule has 0 saturated carbocycles. The number of nitrogens with zero attached hydrogens (tertiary/aromatic N) is 1. The molecule has 0 unspecified atom stereocenters. The van der Waals surface area contributed by atoms with Crippen molar-refractivity contribution in [1.29, 1.82) is 0 Å². The lowest BCUT2D eigenvalue weighted by Gasteiger charge is -2.08. The van der Waals surface area contributed by atoms with Crippen molar-refractivity contribution in [1.82, 2.24) is 0 Å². The van der Waals surface area contributed by atoms with Gasteiger partial charge in [-0.15, -0.1) is 0 Å². The summed E-state index contributed by atoms with van der Waals surface area (Å²) in [5, 5.41) is 14.2. The van der Waals surface area contributed by atoms with Crippen molar-refractivity contribution >= 4 is 23.0 Å². The van der Waals surface area contributed by atoms with Crippen LogP contribution >= 0.6 is 11.6 Å². The number of aryl methyl sites for hydroxylation is 1. The van der Waals surface area contributed by atoms with Gasteiger partial charge in [0, 0.05) is 17.6 Å². The van der Waals surface area contributed by atoms with Gasteiger partial charge in [0.25, 0.3) is 5.69 Å². The largest absolute Gasteiger partial charge is 0.375 e. The average Bonchev–Trinajstić information content (AvgIpc) is 2.36. The second kappa shape index (κ2) is 5.88. The molecule has 0 bridgehead atoms. The van der Waals surface area contributed by atoms with E-state index in [9.17, 15) is 14.5 Å². The van der Waals surface area contributed by atoms with Crippen LogP contribution in [0.25, 0.3) is 0 Å². The van der Waals surface area contributed by atoms with E-state index in [0.29, 0.717) is 16.3 Å². The number of rotatable bonds is 4. The van der Waals surface area contributed by atoms with E-state index in [4.69, 9.17) is 11.6 Å². The SMILES string of the molecule is Cc1ccc(NCc2cc(F)cc(Cl)c2)c([N+](=O)[O-])c1. The van der Waals surface area contributed by atoms with Gasteiger partial charge in [-0.2, -0.15) is 0 Å². The van der Waals surface area contributed by atoms with Crippen LogP contribution in [0.1, 0.15) is 11.1 Å². The van der Waals surface area contributed by atoms with E-state index in [0.717, 1.165) is 5.56 Å². The molecular weight excluding hydrogens is 283 g/mol. The number of halogens is 2. The third-order valence-electron chi connectivity index (χ3n) is 2.76. The van der Waals surface area contributed by atoms with Crippen molar-refractivity contribution in [3.8, 4) is 0 Å². The topological polar surface area (TPSA) is 55.2 Å². The molecule has 104 valence electrons. The summed E-state index contributed by atoms with van der Waals surface area (Å²) in [7, 11) is 0. The van der Waals surface area contributed by atoms with Crippen LogP contribution in [0.5, 0.6) is 0 Å². The normalized spacial score (nSPS) is 10.3. The van der Waals surface area contributed by atoms with Gasteiger partial charge < -0.3 is 5.32 Å². The Labute approximate surface area is 120 Å². The minimum atomic E-state index is -0.451. The maximum Gasteiger partial charge on any atom is 0.292 e. The number of hydrogen-bond donors (Lipinski definition) is 1. The Bertz CT molecular complexity index is 641. The molecule has 0 radical (unpaired) electrons. The highest BCUT2D eigenvalue weighted by Gasteiger charge is 2.13. The van der Waals surface area contributed by atoms with Crippen LogP contribution < -0.4 is 5.32 Å². The fourth-order valence-corrected chi connectivity index (χ4v) is 2.10. The molecule has 6 heteroatoms. The number of nitrogens with one attached hydrogen (secondary N) is 1. The van der Waals surface area contributed by atoms with Crippen LogP contribution in [0, 0.1) is 22.9 Å². The Kier molecular flexibility index (Phi) is 4.20. The fraction of sp³-hybridized carbons (Fsp3) is 0.143. The summed E-state index contributed by atoms with van der Waals surface area (Å²) in [4.78, 5) is 10.5. The first-order chi connectivity index (χ1) is 9.45. The number of hydrogen-bond acceptors (Lipinski definition) is 3. The summed E-state index contributed by atoms with van der Waals surface area (Å²) in [5.41, 5.74) is 1.80. The number of benzene rings is 2. The summed E-state index contributed by atoms with van der Waals surface area (Å²) >= 11 is 5.76. The monoisotopic (exact) mass is 294 g/mol. The number of anilines is 1. The van der Waals surface area contributed by atoms with Gasteiger partial charge in [-0.3, -0.25) is 10.1 Å². The summed E-state index contributed by atoms with van der Waals surface area (Å²) in [5.74, 6) is -0.437. The van der Waals surface area contributed by atoms with Gasteiger partial charge in [-0.25, -0.2) is 4.39 Å². The van der Waals surface area contributed by atoms with E-state index in [1.165, 1.54) is 18.2 Å². The molecule has 0 aliphatic rings. The third-order valence-corrected chi connectivity index (χ3v) is 2.97. The van der Waals surface area contributed by atoms with E-state index in [1.54, 1.807) is 25.1 Å². The second-order valence-corrected chi connectivity index (χ2v) is 4.85. The molecule has 0 atom stereocenters. The van der Waals surface area contributed by atoms with Gasteiger partial charge in [-0.1, -0.05) is 17.7 Å². The molecule has 20 heavy (non-hydrogen) atoms. The second-order valence-electron chi connectivity index (χ2n) is 4.41. The highest BCUT2D eigenvalue weighted by Crippen LogP contribution is 2.26. The van der Waals surface area contributed by atoms with E-state index >= 15 is 0 Å². The first-order valence-electron chi connectivity index (χ1n) is 5.89. The lowest BCUT2D eigenvalue weighted by molar-refractivity contribution is -0.384. The Morgan fingerprint density at radius 2 is 2.05 bits per heavy atom. The number of nitro benzene ring substituents is 1. The van der Waals surface area contributed by atoms with E-state index in [-0.39, 0.29) is 12.2 Å². The molecule has 2 rings (SSSR count). The van der Waals surface area contributed by atoms with Crippen molar-refractivity contribution in [3.63, 3.8) is 0 Å². The van der Waals surface area contributed by atoms with Crippen LogP contribution in [-0.4, -0.2) is 4.92 Å². The fourth-order valence-electron chi connectivity index (χ4n) is 1.85. The molecule has 2 aromatic carbocycles. The molecule has 0 spiro atoms. The molecule has 2 aromatic rings. The molecule has 0 heterocycles. The quantitative estimate of drug-likeness (QED) is 0.675. The van der Waals surface area contributed by atoms with Crippen molar-refractivity contribution in [2.24, 2.45) is 0 Å². The zero-order valence-electron chi connectivity index (χ0n) is 10.7. The Balaban J connectivity index is 2.20. The first-order valence-corrected chi connectivity index (χ1v) is 6.27. The first kappa shape index (κ1) is 14.3. The molecule has 0 amide bonds. The van der Waals surface area contributed by atoms with Gasteiger partial charge in [0.2, 0.25) is 0 Å². The lowest BCUT2D eigenvalue weighted by atomic mass is 10.1. The molecule has 0 aromatic heterocycles. The van der Waals surface area contributed by atoms with Crippen LogP contribution in [0.15, 0.2) is 36.4 Å². The third kappa shape index (κ3) is 3.45. The van der Waals surface area contributed by atoms with Crippen LogP contribution in [0.3, 0.4) is 0 Å². The lowest BCUT2D eigenvalue weighted by Crippen LogP contribution is -2.03. The van der Waals surface area contributed by atoms with Gasteiger partial charge in [-0.05, 0) is 42.3 Å². The molecular formula is C14H12ClFN2O2. The predicted octanol–water partition coefficient (Wildman–Crippen LogP) is 4.31. The van der Waals surface area contributed by atoms with Gasteiger partial charge in [0.15, 0.2) is 0 Å². The smallest absolute Gasteiger partial charge is 0.292 e. The van der Waals surface area contributed by atoms with Crippen LogP contribution in [-0.2, 0) is 6.54 Å². The van der Waals surface area contributed by atoms with E-state index in [1.807, 2.05) is 0 Å². The summed E-state index contributed by atoms with van der Waals surface area (Å²) in [6.45, 7) is 2.03. The van der Waals surface area contributed by atoms with Crippen LogP contribution in [0.2, 0.25) is 5.02 Å². The Hall–Kier alpha value is -2.14. The molecule has 1 N–H and O–H groups in total. The van der Waals surface area contributed by atoms with E-state index < -0.39 is 10.7 Å². The molecule has 0 saturated heterocycles. The molecule has 4 nitrogen and oxygen atoms in total. The standard InChI is InChI=1S/C14H12ClFN2O2/c1-9-2-3-13(14(4-9)18(19)20)17-8-10-5-11(15)7-12(16)6-10/h2-7,17H,8H2,1H3. The molecule has 0 fully saturated rings. The summed E-state index contributed by atoms with van der Waals surface area (Å²) < 4.78 is 13.2. The predicted molar refractivity (Wildman–Crippen MR) is 76.6 cm³/mol. The zero-order valence-corrected chi connectivity index (χ0v) is 11.4. The van der Waals surface area contributed by atoms with Crippen molar-refractivity contribution in [2.75, 3.05) is 5.32 Å². The zero-order chi connectivity index (χ0) is 14.7. The minimum absolute atomic E-state index is 0.00694.